The van der Waals surface area contributed by atoms with Crippen molar-refractivity contribution in [2.45, 2.75) is 6.92 Å². The summed E-state index contributed by atoms with van der Waals surface area (Å²) in [4.78, 5) is 34.0. The standard InChI is InChI=1S/C19H18N4O3/c1-3-26-19(25)23(2)14-10-8-13(9-11-14)21-18(24)17-12-20-15-6-4-5-7-16(15)22-17/h4-12H,3H2,1-2H3,(H,21,24). The van der Waals surface area contributed by atoms with Gasteiger partial charge in [-0.25, -0.2) is 9.78 Å². The number of rotatable bonds is 4. The van der Waals surface area contributed by atoms with Gasteiger partial charge in [-0.1, -0.05) is 12.1 Å². The highest BCUT2D eigenvalue weighted by atomic mass is 16.6. The molecule has 0 aliphatic carbocycles. The highest BCUT2D eigenvalue weighted by Crippen LogP contribution is 2.18. The van der Waals surface area contributed by atoms with Crippen LogP contribution in [-0.2, 0) is 4.74 Å². The largest absolute Gasteiger partial charge is 0.449 e. The molecule has 0 aliphatic rings. The van der Waals surface area contributed by atoms with Gasteiger partial charge in [0.2, 0.25) is 0 Å². The van der Waals surface area contributed by atoms with E-state index >= 15 is 0 Å². The van der Waals surface area contributed by atoms with Crippen molar-refractivity contribution in [1.82, 2.24) is 9.97 Å². The molecule has 2 aromatic carbocycles. The summed E-state index contributed by atoms with van der Waals surface area (Å²) >= 11 is 0. The van der Waals surface area contributed by atoms with Crippen LogP contribution in [0.3, 0.4) is 0 Å². The van der Waals surface area contributed by atoms with Gasteiger partial charge in [0.15, 0.2) is 0 Å². The highest BCUT2D eigenvalue weighted by molar-refractivity contribution is 6.03. The first-order chi connectivity index (χ1) is 12.6. The van der Waals surface area contributed by atoms with E-state index in [1.165, 1.54) is 11.1 Å². The monoisotopic (exact) mass is 350 g/mol. The molecule has 3 rings (SSSR count). The van der Waals surface area contributed by atoms with E-state index in [-0.39, 0.29) is 11.6 Å². The normalized spacial score (nSPS) is 10.4. The van der Waals surface area contributed by atoms with Crippen molar-refractivity contribution in [3.8, 4) is 0 Å². The second-order valence-corrected chi connectivity index (χ2v) is 5.50. The lowest BCUT2D eigenvalue weighted by Crippen LogP contribution is -2.26. The number of anilines is 2. The van der Waals surface area contributed by atoms with Crippen molar-refractivity contribution in [3.63, 3.8) is 0 Å². The van der Waals surface area contributed by atoms with Crippen molar-refractivity contribution in [2.24, 2.45) is 0 Å². The molecular weight excluding hydrogens is 332 g/mol. The Morgan fingerprint density at radius 3 is 2.46 bits per heavy atom. The van der Waals surface area contributed by atoms with E-state index in [0.717, 1.165) is 5.52 Å². The van der Waals surface area contributed by atoms with Gasteiger partial charge < -0.3 is 10.1 Å². The quantitative estimate of drug-likeness (QED) is 0.779. The molecule has 1 N–H and O–H groups in total. The number of carbonyl (C=O) groups excluding carboxylic acids is 2. The fourth-order valence-corrected chi connectivity index (χ4v) is 2.36. The Labute approximate surface area is 150 Å². The number of carbonyl (C=O) groups is 2. The number of fused-ring (bicyclic) bond motifs is 1. The number of hydrogen-bond donors (Lipinski definition) is 1. The summed E-state index contributed by atoms with van der Waals surface area (Å²) < 4.78 is 4.95. The summed E-state index contributed by atoms with van der Waals surface area (Å²) in [6.45, 7) is 2.06. The average Bonchev–Trinajstić information content (AvgIpc) is 2.67. The van der Waals surface area contributed by atoms with Gasteiger partial charge >= 0.3 is 6.09 Å². The third-order valence-corrected chi connectivity index (χ3v) is 3.74. The lowest BCUT2D eigenvalue weighted by molar-refractivity contribution is 0.102. The predicted octanol–water partition coefficient (Wildman–Crippen LogP) is 3.47. The lowest BCUT2D eigenvalue weighted by Gasteiger charge is -2.16. The van der Waals surface area contributed by atoms with Crippen molar-refractivity contribution in [1.29, 1.82) is 0 Å². The third-order valence-electron chi connectivity index (χ3n) is 3.74. The van der Waals surface area contributed by atoms with Crippen LogP contribution in [0, 0.1) is 0 Å². The average molecular weight is 350 g/mol. The Balaban J connectivity index is 1.71. The molecule has 132 valence electrons. The summed E-state index contributed by atoms with van der Waals surface area (Å²) in [5.41, 5.74) is 2.87. The number of nitrogens with zero attached hydrogens (tertiary/aromatic N) is 3. The van der Waals surface area contributed by atoms with Crippen LogP contribution in [0.1, 0.15) is 17.4 Å². The number of nitrogens with one attached hydrogen (secondary N) is 1. The summed E-state index contributed by atoms with van der Waals surface area (Å²) in [7, 11) is 1.62. The molecule has 0 atom stereocenters. The fourth-order valence-electron chi connectivity index (χ4n) is 2.36. The van der Waals surface area contributed by atoms with E-state index in [2.05, 4.69) is 15.3 Å². The number of ether oxygens (including phenoxy) is 1. The molecule has 1 aromatic heterocycles. The molecule has 0 fully saturated rings. The van der Waals surface area contributed by atoms with Gasteiger partial charge in [-0.3, -0.25) is 14.7 Å². The van der Waals surface area contributed by atoms with Gasteiger partial charge in [0.1, 0.15) is 5.69 Å². The highest BCUT2D eigenvalue weighted by Gasteiger charge is 2.13. The molecule has 0 saturated carbocycles. The number of aromatic nitrogens is 2. The third kappa shape index (κ3) is 3.77. The second kappa shape index (κ2) is 7.60. The zero-order chi connectivity index (χ0) is 18.5. The van der Waals surface area contributed by atoms with Crippen molar-refractivity contribution < 1.29 is 14.3 Å². The van der Waals surface area contributed by atoms with E-state index in [9.17, 15) is 9.59 Å². The number of benzene rings is 2. The van der Waals surface area contributed by atoms with Crippen LogP contribution >= 0.6 is 0 Å². The molecule has 0 saturated heterocycles. The Morgan fingerprint density at radius 2 is 1.77 bits per heavy atom. The van der Waals surface area contributed by atoms with Crippen LogP contribution in [0.5, 0.6) is 0 Å². The van der Waals surface area contributed by atoms with E-state index in [1.807, 2.05) is 18.2 Å². The molecule has 0 aliphatic heterocycles. The van der Waals surface area contributed by atoms with Gasteiger partial charge in [0, 0.05) is 18.4 Å². The molecular formula is C19H18N4O3. The van der Waals surface area contributed by atoms with Gasteiger partial charge in [0.25, 0.3) is 5.91 Å². The minimum Gasteiger partial charge on any atom is -0.449 e. The first kappa shape index (κ1) is 17.3. The second-order valence-electron chi connectivity index (χ2n) is 5.50. The molecule has 7 nitrogen and oxygen atoms in total. The molecule has 0 bridgehead atoms. The predicted molar refractivity (Wildman–Crippen MR) is 99.4 cm³/mol. The van der Waals surface area contributed by atoms with E-state index in [0.29, 0.717) is 23.5 Å². The Kier molecular flexibility index (Phi) is 5.07. The van der Waals surface area contributed by atoms with Gasteiger partial charge in [-0.05, 0) is 43.3 Å². The topological polar surface area (TPSA) is 84.4 Å². The molecule has 26 heavy (non-hydrogen) atoms. The molecule has 3 aromatic rings. The van der Waals surface area contributed by atoms with E-state index < -0.39 is 6.09 Å². The van der Waals surface area contributed by atoms with Crippen molar-refractivity contribution in [3.05, 3.63) is 60.4 Å². The number of para-hydroxylation sites is 2. The first-order valence-electron chi connectivity index (χ1n) is 8.12. The minimum atomic E-state index is -0.435. The van der Waals surface area contributed by atoms with E-state index in [4.69, 9.17) is 4.74 Å². The lowest BCUT2D eigenvalue weighted by atomic mass is 10.2. The zero-order valence-corrected chi connectivity index (χ0v) is 14.5. The summed E-state index contributed by atoms with van der Waals surface area (Å²) in [6, 6.07) is 14.2. The maximum atomic E-state index is 12.4. The molecule has 7 heteroatoms. The van der Waals surface area contributed by atoms with Crippen LogP contribution in [0.4, 0.5) is 16.2 Å². The van der Waals surface area contributed by atoms with Crippen LogP contribution in [-0.4, -0.2) is 35.6 Å². The van der Waals surface area contributed by atoms with Gasteiger partial charge in [-0.15, -0.1) is 0 Å². The zero-order valence-electron chi connectivity index (χ0n) is 14.5. The SMILES string of the molecule is CCOC(=O)N(C)c1ccc(NC(=O)c2cnc3ccccc3n2)cc1. The molecule has 0 spiro atoms. The van der Waals surface area contributed by atoms with Gasteiger partial charge in [0.05, 0.1) is 23.8 Å². The molecule has 2 amide bonds. The van der Waals surface area contributed by atoms with Crippen LogP contribution < -0.4 is 10.2 Å². The fraction of sp³-hybridized carbons (Fsp3) is 0.158. The molecule has 0 unspecified atom stereocenters. The first-order valence-corrected chi connectivity index (χ1v) is 8.12. The molecule has 1 heterocycles. The smallest absolute Gasteiger partial charge is 0.413 e. The maximum Gasteiger partial charge on any atom is 0.413 e. The van der Waals surface area contributed by atoms with Crippen LogP contribution in [0.25, 0.3) is 11.0 Å². The summed E-state index contributed by atoms with van der Waals surface area (Å²) in [5.74, 6) is -0.352. The maximum absolute atomic E-state index is 12.4. The van der Waals surface area contributed by atoms with Crippen LogP contribution in [0.15, 0.2) is 54.7 Å². The minimum absolute atomic E-state index is 0.233. The summed E-state index contributed by atoms with van der Waals surface area (Å²) in [5, 5.41) is 2.77. The van der Waals surface area contributed by atoms with E-state index in [1.54, 1.807) is 44.3 Å². The van der Waals surface area contributed by atoms with Crippen molar-refractivity contribution >= 4 is 34.4 Å². The van der Waals surface area contributed by atoms with Gasteiger partial charge in [-0.2, -0.15) is 0 Å². The van der Waals surface area contributed by atoms with Crippen LogP contribution in [0.2, 0.25) is 0 Å². The Hall–Kier alpha value is -3.48. The number of amides is 2. The summed E-state index contributed by atoms with van der Waals surface area (Å²) in [6.07, 6.45) is 1.01. The molecule has 0 radical (unpaired) electrons. The number of hydrogen-bond acceptors (Lipinski definition) is 5. The van der Waals surface area contributed by atoms with Crippen molar-refractivity contribution in [2.75, 3.05) is 23.9 Å². The Morgan fingerprint density at radius 1 is 1.08 bits per heavy atom. The Bertz CT molecular complexity index is 941.